The fraction of sp³-hybridized carbons (Fsp3) is 0.588. The minimum Gasteiger partial charge on any atom is -0.493 e. The molecule has 1 aliphatic rings. The molecule has 0 bridgehead atoms. The number of rotatable bonds is 5. The van der Waals surface area contributed by atoms with Crippen LogP contribution in [0.25, 0.3) is 0 Å². The fourth-order valence-corrected chi connectivity index (χ4v) is 4.03. The molecule has 0 unspecified atom stereocenters. The van der Waals surface area contributed by atoms with E-state index in [4.69, 9.17) is 9.47 Å². The largest absolute Gasteiger partial charge is 0.493 e. The molecule has 0 aliphatic heterocycles. The lowest BCUT2D eigenvalue weighted by Gasteiger charge is -2.30. The van der Waals surface area contributed by atoms with Gasteiger partial charge in [-0.25, -0.2) is 4.79 Å². The summed E-state index contributed by atoms with van der Waals surface area (Å²) in [5.41, 5.74) is 1.62. The van der Waals surface area contributed by atoms with Crippen LogP contribution in [-0.4, -0.2) is 20.3 Å². The highest BCUT2D eigenvalue weighted by molar-refractivity contribution is 9.10. The maximum absolute atomic E-state index is 11.0. The molecule has 4 nitrogen and oxygen atoms in total. The second kappa shape index (κ2) is 6.84. The Balaban J connectivity index is 2.79. The van der Waals surface area contributed by atoms with Crippen LogP contribution in [0.4, 0.5) is 0 Å². The highest BCUT2D eigenvalue weighted by atomic mass is 79.9. The van der Waals surface area contributed by atoms with Crippen molar-refractivity contribution in [2.45, 2.75) is 51.0 Å². The van der Waals surface area contributed by atoms with Gasteiger partial charge in [0, 0.05) is 5.56 Å². The van der Waals surface area contributed by atoms with Crippen LogP contribution in [0, 0.1) is 0 Å². The van der Waals surface area contributed by atoms with Crippen LogP contribution in [0.3, 0.4) is 0 Å². The summed E-state index contributed by atoms with van der Waals surface area (Å²) < 4.78 is 11.9. The van der Waals surface area contributed by atoms with Crippen molar-refractivity contribution < 1.29 is 14.3 Å². The van der Waals surface area contributed by atoms with Gasteiger partial charge in [0.15, 0.2) is 11.5 Å². The van der Waals surface area contributed by atoms with Crippen LogP contribution in [0.2, 0.25) is 0 Å². The number of halogens is 1. The lowest BCUT2D eigenvalue weighted by Crippen LogP contribution is -2.22. The first-order valence-corrected chi connectivity index (χ1v) is 8.34. The van der Waals surface area contributed by atoms with E-state index in [1.54, 1.807) is 20.3 Å². The van der Waals surface area contributed by atoms with E-state index in [0.717, 1.165) is 41.3 Å². The summed E-state index contributed by atoms with van der Waals surface area (Å²) in [6.45, 7) is 4.23. The molecule has 0 amide bonds. The number of methoxy groups -OCH3 is 2. The Morgan fingerprint density at radius 3 is 2.27 bits per heavy atom. The Kier molecular flexibility index (Phi) is 5.30. The van der Waals surface area contributed by atoms with Crippen molar-refractivity contribution in [2.75, 3.05) is 14.2 Å². The highest BCUT2D eigenvalue weighted by Gasteiger charge is 2.40. The number of hydrogen-bond donors (Lipinski definition) is 0. The first-order valence-electron chi connectivity index (χ1n) is 7.54. The van der Waals surface area contributed by atoms with Gasteiger partial charge >= 0.3 is 0 Å². The van der Waals surface area contributed by atoms with E-state index in [9.17, 15) is 4.79 Å². The zero-order valence-electron chi connectivity index (χ0n) is 13.5. The van der Waals surface area contributed by atoms with Gasteiger partial charge in [0.1, 0.15) is 0 Å². The fourth-order valence-electron chi connectivity index (χ4n) is 3.46. The van der Waals surface area contributed by atoms with Crippen LogP contribution >= 0.6 is 15.9 Å². The van der Waals surface area contributed by atoms with Gasteiger partial charge in [0.25, 0.3) is 0 Å². The van der Waals surface area contributed by atoms with Gasteiger partial charge in [-0.15, -0.1) is 0 Å². The zero-order valence-corrected chi connectivity index (χ0v) is 15.1. The van der Waals surface area contributed by atoms with Crippen molar-refractivity contribution in [2.24, 2.45) is 4.99 Å². The second-order valence-corrected chi connectivity index (χ2v) is 6.84. The third-order valence-corrected chi connectivity index (χ3v) is 5.00. The molecule has 0 spiro atoms. The number of nitrogens with zero attached hydrogens (tertiary/aromatic N) is 1. The maximum atomic E-state index is 11.0. The molecule has 0 aromatic heterocycles. The van der Waals surface area contributed by atoms with Crippen molar-refractivity contribution in [1.82, 2.24) is 0 Å². The van der Waals surface area contributed by atoms with Gasteiger partial charge in [-0.3, -0.25) is 0 Å². The minimum atomic E-state index is -0.483. The lowest BCUT2D eigenvalue weighted by atomic mass is 9.81. The van der Waals surface area contributed by atoms with Gasteiger partial charge in [0.05, 0.1) is 24.2 Å². The van der Waals surface area contributed by atoms with E-state index in [0.29, 0.717) is 11.5 Å². The number of benzene rings is 1. The van der Waals surface area contributed by atoms with Gasteiger partial charge in [0.2, 0.25) is 6.08 Å². The summed E-state index contributed by atoms with van der Waals surface area (Å²) in [6.07, 6.45) is 5.65. The molecule has 2 rings (SSSR count). The molecule has 5 heteroatoms. The average molecular weight is 368 g/mol. The zero-order chi connectivity index (χ0) is 16.3. The topological polar surface area (TPSA) is 47.9 Å². The van der Waals surface area contributed by atoms with Gasteiger partial charge in [-0.1, -0.05) is 26.7 Å². The standard InChI is InChI=1S/C17H22BrNO3/c1-11(2)14-12(17(19-10-20)7-5-6-8-17)9-13(18)15(21-3)16(14)22-4/h9,11H,5-8H2,1-4H3. The first kappa shape index (κ1) is 17.0. The number of aliphatic imine (C=N–C) groups is 1. The molecule has 0 heterocycles. The molecule has 0 N–H and O–H groups in total. The Hall–Kier alpha value is -1.32. The third-order valence-electron chi connectivity index (χ3n) is 4.41. The molecular weight excluding hydrogens is 346 g/mol. The predicted octanol–water partition coefficient (Wildman–Crippen LogP) is 4.69. The van der Waals surface area contributed by atoms with Crippen LogP contribution < -0.4 is 9.47 Å². The summed E-state index contributed by atoms with van der Waals surface area (Å²) in [6, 6.07) is 2.03. The molecule has 22 heavy (non-hydrogen) atoms. The quantitative estimate of drug-likeness (QED) is 0.559. The normalized spacial score (nSPS) is 16.5. The first-order chi connectivity index (χ1) is 10.5. The van der Waals surface area contributed by atoms with Crippen LogP contribution in [0.5, 0.6) is 11.5 Å². The lowest BCUT2D eigenvalue weighted by molar-refractivity contribution is 0.344. The molecule has 0 radical (unpaired) electrons. The van der Waals surface area contributed by atoms with Gasteiger partial charge < -0.3 is 9.47 Å². The average Bonchev–Trinajstić information content (AvgIpc) is 2.95. The van der Waals surface area contributed by atoms with Crippen LogP contribution in [0.15, 0.2) is 15.5 Å². The van der Waals surface area contributed by atoms with Gasteiger partial charge in [-0.05, 0) is 46.3 Å². The monoisotopic (exact) mass is 367 g/mol. The SMILES string of the molecule is COc1c(Br)cc(C2(N=C=O)CCCC2)c(C(C)C)c1OC. The van der Waals surface area contributed by atoms with Crippen molar-refractivity contribution in [3.05, 3.63) is 21.7 Å². The van der Waals surface area contributed by atoms with E-state index in [2.05, 4.69) is 34.8 Å². The predicted molar refractivity (Wildman–Crippen MR) is 89.6 cm³/mol. The molecule has 0 saturated heterocycles. The molecule has 1 aromatic rings. The third kappa shape index (κ3) is 2.80. The second-order valence-electron chi connectivity index (χ2n) is 5.98. The van der Waals surface area contributed by atoms with E-state index in [1.807, 2.05) is 6.07 Å². The molecule has 1 aliphatic carbocycles. The molecule has 1 saturated carbocycles. The molecule has 0 atom stereocenters. The van der Waals surface area contributed by atoms with E-state index in [-0.39, 0.29) is 5.92 Å². The Morgan fingerprint density at radius 1 is 1.23 bits per heavy atom. The Bertz CT molecular complexity index is 600. The van der Waals surface area contributed by atoms with Crippen LogP contribution in [0.1, 0.15) is 56.6 Å². The number of ether oxygens (including phenoxy) is 2. The van der Waals surface area contributed by atoms with Crippen molar-refractivity contribution in [3.8, 4) is 11.5 Å². The van der Waals surface area contributed by atoms with Crippen molar-refractivity contribution in [3.63, 3.8) is 0 Å². The van der Waals surface area contributed by atoms with E-state index in [1.165, 1.54) is 0 Å². The van der Waals surface area contributed by atoms with Crippen molar-refractivity contribution >= 4 is 22.0 Å². The summed E-state index contributed by atoms with van der Waals surface area (Å²) in [5, 5.41) is 0. The molecular formula is C17H22BrNO3. The summed E-state index contributed by atoms with van der Waals surface area (Å²) in [5.74, 6) is 1.62. The summed E-state index contributed by atoms with van der Waals surface area (Å²) in [4.78, 5) is 15.2. The van der Waals surface area contributed by atoms with Crippen LogP contribution in [-0.2, 0) is 10.3 Å². The van der Waals surface area contributed by atoms with E-state index >= 15 is 0 Å². The number of isocyanates is 1. The smallest absolute Gasteiger partial charge is 0.235 e. The minimum absolute atomic E-state index is 0.228. The molecule has 120 valence electrons. The summed E-state index contributed by atoms with van der Waals surface area (Å²) >= 11 is 3.56. The van der Waals surface area contributed by atoms with Gasteiger partial charge in [-0.2, -0.15) is 4.99 Å². The number of hydrogen-bond acceptors (Lipinski definition) is 4. The Labute approximate surface area is 140 Å². The molecule has 1 aromatic carbocycles. The molecule has 1 fully saturated rings. The summed E-state index contributed by atoms with van der Waals surface area (Å²) in [7, 11) is 3.27. The number of carbonyl (C=O) groups excluding carboxylic acids is 1. The van der Waals surface area contributed by atoms with E-state index < -0.39 is 5.54 Å². The Morgan fingerprint density at radius 2 is 1.82 bits per heavy atom. The highest BCUT2D eigenvalue weighted by Crippen LogP contribution is 2.51. The maximum Gasteiger partial charge on any atom is 0.235 e. The van der Waals surface area contributed by atoms with Crippen molar-refractivity contribution in [1.29, 1.82) is 0 Å².